The topological polar surface area (TPSA) is 93.6 Å². The van der Waals surface area contributed by atoms with Gasteiger partial charge in [-0.1, -0.05) is 45.9 Å². The van der Waals surface area contributed by atoms with Crippen molar-refractivity contribution in [3.8, 4) is 0 Å². The standard InChI is InChI=1S/C22H36N4O3S/c1-7-25(30(28,29)19-11-9-8-10-18(19)5)13-12-17(4)15-26-20(27)22(6,14-16(2)3)24-21(26)23/h8-11,16-17H,7,12-15H2,1-6H3,(H2,23,24). The van der Waals surface area contributed by atoms with Crippen LogP contribution in [0.5, 0.6) is 0 Å². The predicted molar refractivity (Wildman–Crippen MR) is 120 cm³/mol. The minimum Gasteiger partial charge on any atom is -0.342 e. The minimum atomic E-state index is -3.56. The highest BCUT2D eigenvalue weighted by Crippen LogP contribution is 2.26. The molecule has 1 aliphatic heterocycles. The summed E-state index contributed by atoms with van der Waals surface area (Å²) < 4.78 is 27.6. The summed E-state index contributed by atoms with van der Waals surface area (Å²) in [6.45, 7) is 12.8. The van der Waals surface area contributed by atoms with E-state index in [-0.39, 0.29) is 17.8 Å². The number of hydrogen-bond acceptors (Lipinski definition) is 4. The molecule has 1 fully saturated rings. The number of amides is 1. The molecular weight excluding hydrogens is 400 g/mol. The van der Waals surface area contributed by atoms with Gasteiger partial charge in [0.05, 0.1) is 4.90 Å². The van der Waals surface area contributed by atoms with Crippen molar-refractivity contribution in [2.75, 3.05) is 19.6 Å². The van der Waals surface area contributed by atoms with Gasteiger partial charge in [-0.15, -0.1) is 0 Å². The lowest BCUT2D eigenvalue weighted by Crippen LogP contribution is -2.45. The molecule has 2 N–H and O–H groups in total. The Balaban J connectivity index is 2.03. The van der Waals surface area contributed by atoms with E-state index in [1.54, 1.807) is 25.1 Å². The Morgan fingerprint density at radius 2 is 1.87 bits per heavy atom. The maximum atomic E-state index is 13.1. The van der Waals surface area contributed by atoms with E-state index in [0.717, 1.165) is 5.56 Å². The minimum absolute atomic E-state index is 0.0543. The Bertz CT molecular complexity index is 884. The molecule has 0 radical (unpaired) electrons. The number of sulfonamides is 1. The molecule has 1 aromatic carbocycles. The second-order valence-corrected chi connectivity index (χ2v) is 10.9. The Labute approximate surface area is 181 Å². The van der Waals surface area contributed by atoms with Crippen LogP contribution in [0.2, 0.25) is 0 Å². The average Bonchev–Trinajstić information content (AvgIpc) is 2.84. The largest absolute Gasteiger partial charge is 0.342 e. The number of rotatable bonds is 10. The number of aryl methyl sites for hydroxylation is 1. The van der Waals surface area contributed by atoms with E-state index in [1.165, 1.54) is 9.21 Å². The van der Waals surface area contributed by atoms with Crippen LogP contribution in [0.3, 0.4) is 0 Å². The number of hydrogen-bond donors (Lipinski definition) is 2. The Hall–Kier alpha value is -1.93. The van der Waals surface area contributed by atoms with Crippen LogP contribution in [-0.2, 0) is 14.8 Å². The summed E-state index contributed by atoms with van der Waals surface area (Å²) in [5.41, 5.74) is -0.00941. The first kappa shape index (κ1) is 24.3. The lowest BCUT2D eigenvalue weighted by molar-refractivity contribution is -0.131. The van der Waals surface area contributed by atoms with Gasteiger partial charge in [0.2, 0.25) is 10.0 Å². The molecule has 0 spiro atoms. The van der Waals surface area contributed by atoms with Crippen molar-refractivity contribution in [3.63, 3.8) is 0 Å². The number of guanidine groups is 1. The van der Waals surface area contributed by atoms with E-state index in [0.29, 0.717) is 43.3 Å². The first-order valence-electron chi connectivity index (χ1n) is 10.7. The zero-order chi connectivity index (χ0) is 22.7. The molecule has 1 aromatic rings. The third-order valence-electron chi connectivity index (χ3n) is 5.63. The van der Waals surface area contributed by atoms with E-state index in [9.17, 15) is 13.2 Å². The van der Waals surface area contributed by atoms with Gasteiger partial charge in [0, 0.05) is 19.6 Å². The number of carbonyl (C=O) groups is 1. The number of nitrogens with one attached hydrogen (secondary N) is 2. The molecule has 2 unspecified atom stereocenters. The normalized spacial score (nSPS) is 20.9. The van der Waals surface area contributed by atoms with Gasteiger partial charge in [-0.3, -0.25) is 15.1 Å². The smallest absolute Gasteiger partial charge is 0.254 e. The van der Waals surface area contributed by atoms with Crippen LogP contribution in [-0.4, -0.2) is 54.7 Å². The molecule has 2 atom stereocenters. The van der Waals surface area contributed by atoms with Gasteiger partial charge < -0.3 is 5.32 Å². The summed E-state index contributed by atoms with van der Waals surface area (Å²) in [6, 6.07) is 7.01. The first-order chi connectivity index (χ1) is 13.9. The number of benzene rings is 1. The molecule has 8 heteroatoms. The SMILES string of the molecule is CCN(CCC(C)CN1C(=N)NC(C)(CC(C)C)C1=O)S(=O)(=O)c1ccccc1C. The fourth-order valence-corrected chi connectivity index (χ4v) is 5.80. The molecule has 30 heavy (non-hydrogen) atoms. The second kappa shape index (κ2) is 9.47. The molecular formula is C22H36N4O3S. The molecule has 1 aliphatic rings. The lowest BCUT2D eigenvalue weighted by atomic mass is 9.90. The summed E-state index contributed by atoms with van der Waals surface area (Å²) in [5.74, 6) is 0.447. The van der Waals surface area contributed by atoms with Crippen molar-refractivity contribution in [2.45, 2.75) is 64.8 Å². The Morgan fingerprint density at radius 3 is 2.43 bits per heavy atom. The summed E-state index contributed by atoms with van der Waals surface area (Å²) in [7, 11) is -3.56. The quantitative estimate of drug-likeness (QED) is 0.589. The van der Waals surface area contributed by atoms with Crippen LogP contribution < -0.4 is 5.32 Å². The monoisotopic (exact) mass is 436 g/mol. The van der Waals surface area contributed by atoms with Crippen molar-refractivity contribution in [3.05, 3.63) is 29.8 Å². The fraction of sp³-hybridized carbons (Fsp3) is 0.636. The van der Waals surface area contributed by atoms with E-state index >= 15 is 0 Å². The molecule has 0 aliphatic carbocycles. The molecule has 1 saturated heterocycles. The highest BCUT2D eigenvalue weighted by molar-refractivity contribution is 7.89. The third-order valence-corrected chi connectivity index (χ3v) is 7.76. The molecule has 1 heterocycles. The van der Waals surface area contributed by atoms with Gasteiger partial charge in [-0.25, -0.2) is 8.42 Å². The van der Waals surface area contributed by atoms with E-state index in [2.05, 4.69) is 19.2 Å². The van der Waals surface area contributed by atoms with Crippen molar-refractivity contribution in [2.24, 2.45) is 11.8 Å². The van der Waals surface area contributed by atoms with Crippen LogP contribution in [0.1, 0.15) is 53.0 Å². The van der Waals surface area contributed by atoms with Crippen LogP contribution in [0.15, 0.2) is 29.2 Å². The third kappa shape index (κ3) is 5.21. The highest BCUT2D eigenvalue weighted by atomic mass is 32.2. The van der Waals surface area contributed by atoms with Crippen LogP contribution in [0, 0.1) is 24.2 Å². The van der Waals surface area contributed by atoms with Crippen molar-refractivity contribution in [1.82, 2.24) is 14.5 Å². The number of carbonyl (C=O) groups excluding carboxylic acids is 1. The van der Waals surface area contributed by atoms with E-state index < -0.39 is 15.6 Å². The molecule has 7 nitrogen and oxygen atoms in total. The van der Waals surface area contributed by atoms with Gasteiger partial charge >= 0.3 is 0 Å². The lowest BCUT2D eigenvalue weighted by Gasteiger charge is -2.26. The van der Waals surface area contributed by atoms with Crippen molar-refractivity contribution >= 4 is 21.9 Å². The van der Waals surface area contributed by atoms with Gasteiger partial charge in [-0.05, 0) is 50.2 Å². The van der Waals surface area contributed by atoms with Crippen molar-refractivity contribution < 1.29 is 13.2 Å². The summed E-state index contributed by atoms with van der Waals surface area (Å²) >= 11 is 0. The maximum absolute atomic E-state index is 13.1. The average molecular weight is 437 g/mol. The molecule has 2 rings (SSSR count). The number of nitrogens with zero attached hydrogens (tertiary/aromatic N) is 2. The predicted octanol–water partition coefficient (Wildman–Crippen LogP) is 3.20. The summed E-state index contributed by atoms with van der Waals surface area (Å²) in [5, 5.41) is 11.3. The molecule has 0 saturated carbocycles. The zero-order valence-electron chi connectivity index (χ0n) is 19.0. The molecule has 0 aromatic heterocycles. The van der Waals surface area contributed by atoms with Crippen LogP contribution in [0.4, 0.5) is 0 Å². The Morgan fingerprint density at radius 1 is 1.23 bits per heavy atom. The van der Waals surface area contributed by atoms with Gasteiger partial charge in [0.1, 0.15) is 5.54 Å². The van der Waals surface area contributed by atoms with Gasteiger partial charge in [-0.2, -0.15) is 4.31 Å². The van der Waals surface area contributed by atoms with E-state index in [1.807, 2.05) is 26.8 Å². The van der Waals surface area contributed by atoms with Crippen molar-refractivity contribution in [1.29, 1.82) is 5.41 Å². The zero-order valence-corrected chi connectivity index (χ0v) is 19.8. The van der Waals surface area contributed by atoms with Crippen LogP contribution in [0.25, 0.3) is 0 Å². The van der Waals surface area contributed by atoms with Gasteiger partial charge in [0.25, 0.3) is 5.91 Å². The summed E-state index contributed by atoms with van der Waals surface area (Å²) in [4.78, 5) is 14.7. The Kier molecular flexibility index (Phi) is 7.69. The van der Waals surface area contributed by atoms with E-state index in [4.69, 9.17) is 5.41 Å². The molecule has 0 bridgehead atoms. The second-order valence-electron chi connectivity index (χ2n) is 8.98. The molecule has 168 valence electrons. The highest BCUT2D eigenvalue weighted by Gasteiger charge is 2.46. The maximum Gasteiger partial charge on any atom is 0.254 e. The van der Waals surface area contributed by atoms with Crippen LogP contribution >= 0.6 is 0 Å². The molecule has 1 amide bonds. The first-order valence-corrected chi connectivity index (χ1v) is 12.1. The fourth-order valence-electron chi connectivity index (χ4n) is 4.11. The van der Waals surface area contributed by atoms with Gasteiger partial charge in [0.15, 0.2) is 5.96 Å². The summed E-state index contributed by atoms with van der Waals surface area (Å²) in [6.07, 6.45) is 1.27.